The van der Waals surface area contributed by atoms with Crippen molar-refractivity contribution in [3.63, 3.8) is 0 Å². The van der Waals surface area contributed by atoms with Crippen molar-refractivity contribution in [1.82, 2.24) is 25.4 Å². The van der Waals surface area contributed by atoms with Gasteiger partial charge in [0.05, 0.1) is 18.4 Å². The Hall–Kier alpha value is -3.62. The van der Waals surface area contributed by atoms with Crippen molar-refractivity contribution in [2.75, 3.05) is 13.1 Å². The molecular formula is C20H21N5O4. The first-order chi connectivity index (χ1) is 14.1. The summed E-state index contributed by atoms with van der Waals surface area (Å²) in [6.07, 6.45) is 4.54. The fraction of sp³-hybridized carbons (Fsp3) is 0.300. The molecule has 3 aromatic rings. The van der Waals surface area contributed by atoms with Crippen molar-refractivity contribution in [1.29, 1.82) is 0 Å². The number of aromatic amines is 2. The third-order valence-electron chi connectivity index (χ3n) is 5.09. The summed E-state index contributed by atoms with van der Waals surface area (Å²) in [5.41, 5.74) is 1.46. The molecule has 3 aromatic heterocycles. The van der Waals surface area contributed by atoms with E-state index < -0.39 is 0 Å². The quantitative estimate of drug-likeness (QED) is 0.606. The van der Waals surface area contributed by atoms with Gasteiger partial charge >= 0.3 is 0 Å². The Morgan fingerprint density at radius 3 is 2.76 bits per heavy atom. The van der Waals surface area contributed by atoms with E-state index in [4.69, 9.17) is 4.42 Å². The van der Waals surface area contributed by atoms with Gasteiger partial charge in [0.2, 0.25) is 5.56 Å². The first-order valence-corrected chi connectivity index (χ1v) is 9.44. The highest BCUT2D eigenvalue weighted by molar-refractivity contribution is 5.94. The maximum atomic E-state index is 12.5. The van der Waals surface area contributed by atoms with Gasteiger partial charge in [0.25, 0.3) is 11.8 Å². The number of carbonyl (C=O) groups excluding carboxylic acids is 2. The third kappa shape index (κ3) is 4.29. The largest absolute Gasteiger partial charge is 0.467 e. The number of hydrogen-bond acceptors (Lipinski definition) is 5. The van der Waals surface area contributed by atoms with Crippen LogP contribution in [0.5, 0.6) is 0 Å². The van der Waals surface area contributed by atoms with E-state index in [1.807, 2.05) is 0 Å². The number of nitrogens with zero attached hydrogens (tertiary/aromatic N) is 2. The zero-order valence-corrected chi connectivity index (χ0v) is 15.7. The van der Waals surface area contributed by atoms with Crippen molar-refractivity contribution >= 4 is 11.8 Å². The van der Waals surface area contributed by atoms with Crippen molar-refractivity contribution in [3.05, 3.63) is 75.9 Å². The number of carbonyl (C=O) groups is 2. The first-order valence-electron chi connectivity index (χ1n) is 9.44. The summed E-state index contributed by atoms with van der Waals surface area (Å²) in [6.45, 7) is 1.50. The first kappa shape index (κ1) is 18.7. The Morgan fingerprint density at radius 1 is 1.24 bits per heavy atom. The van der Waals surface area contributed by atoms with Crippen LogP contribution in [-0.4, -0.2) is 45.0 Å². The average molecular weight is 395 g/mol. The molecule has 9 heteroatoms. The molecule has 150 valence electrons. The number of furan rings is 1. The van der Waals surface area contributed by atoms with Crippen LogP contribution >= 0.6 is 0 Å². The minimum absolute atomic E-state index is 0.0951. The molecule has 0 unspecified atom stereocenters. The lowest BCUT2D eigenvalue weighted by Gasteiger charge is -2.31. The zero-order valence-electron chi connectivity index (χ0n) is 15.7. The van der Waals surface area contributed by atoms with Crippen molar-refractivity contribution < 1.29 is 14.0 Å². The van der Waals surface area contributed by atoms with Crippen LogP contribution in [0.1, 0.15) is 51.1 Å². The fourth-order valence-corrected chi connectivity index (χ4v) is 3.45. The zero-order chi connectivity index (χ0) is 20.2. The lowest BCUT2D eigenvalue weighted by atomic mass is 9.93. The van der Waals surface area contributed by atoms with Gasteiger partial charge < -0.3 is 19.6 Å². The smallest absolute Gasteiger partial charge is 0.272 e. The third-order valence-corrected chi connectivity index (χ3v) is 5.09. The summed E-state index contributed by atoms with van der Waals surface area (Å²) in [5, 5.41) is 9.84. The van der Waals surface area contributed by atoms with Crippen LogP contribution in [-0.2, 0) is 6.54 Å². The maximum Gasteiger partial charge on any atom is 0.272 e. The van der Waals surface area contributed by atoms with E-state index >= 15 is 0 Å². The van der Waals surface area contributed by atoms with Crippen LogP contribution < -0.4 is 10.9 Å². The van der Waals surface area contributed by atoms with Crippen LogP contribution in [0.25, 0.3) is 0 Å². The van der Waals surface area contributed by atoms with Gasteiger partial charge in [-0.25, -0.2) is 0 Å². The van der Waals surface area contributed by atoms with Gasteiger partial charge in [-0.3, -0.25) is 19.5 Å². The Morgan fingerprint density at radius 2 is 2.07 bits per heavy atom. The number of amides is 2. The minimum atomic E-state index is -0.269. The highest BCUT2D eigenvalue weighted by Crippen LogP contribution is 2.27. The van der Waals surface area contributed by atoms with Crippen molar-refractivity contribution in [3.8, 4) is 0 Å². The van der Waals surface area contributed by atoms with Crippen LogP contribution in [0.4, 0.5) is 0 Å². The monoisotopic (exact) mass is 395 g/mol. The topological polar surface area (TPSA) is 124 Å². The number of aromatic nitrogens is 3. The second kappa shape index (κ2) is 8.17. The molecule has 1 aliphatic heterocycles. The lowest BCUT2D eigenvalue weighted by molar-refractivity contribution is 0.0711. The highest BCUT2D eigenvalue weighted by Gasteiger charge is 2.26. The molecule has 4 rings (SSSR count). The molecule has 3 N–H and O–H groups in total. The SMILES string of the molecule is O=C(NCc1ccco1)c1cc(C2CCN(C(=O)c3ccc(=O)[nH]c3)CC2)[nH]n1. The average Bonchev–Trinajstić information content (AvgIpc) is 3.44. The van der Waals surface area contributed by atoms with E-state index in [1.165, 1.54) is 18.3 Å². The Labute approximate surface area is 166 Å². The van der Waals surface area contributed by atoms with Gasteiger partial charge in [0.15, 0.2) is 0 Å². The van der Waals surface area contributed by atoms with Gasteiger partial charge in [-0.05, 0) is 37.1 Å². The number of nitrogens with one attached hydrogen (secondary N) is 3. The highest BCUT2D eigenvalue weighted by atomic mass is 16.3. The van der Waals surface area contributed by atoms with Gasteiger partial charge in [-0.1, -0.05) is 0 Å². The van der Waals surface area contributed by atoms with E-state index in [2.05, 4.69) is 20.5 Å². The number of likely N-dealkylation sites (tertiary alicyclic amines) is 1. The molecule has 1 aliphatic rings. The van der Waals surface area contributed by atoms with Crippen LogP contribution in [0, 0.1) is 0 Å². The van der Waals surface area contributed by atoms with E-state index in [-0.39, 0.29) is 23.3 Å². The molecular weight excluding hydrogens is 374 g/mol. The molecule has 0 aromatic carbocycles. The minimum Gasteiger partial charge on any atom is -0.467 e. The molecule has 4 heterocycles. The van der Waals surface area contributed by atoms with E-state index in [1.54, 1.807) is 29.4 Å². The summed E-state index contributed by atoms with van der Waals surface area (Å²) < 4.78 is 5.19. The van der Waals surface area contributed by atoms with Gasteiger partial charge in [0, 0.05) is 37.0 Å². The summed E-state index contributed by atoms with van der Waals surface area (Å²) >= 11 is 0. The van der Waals surface area contributed by atoms with Gasteiger partial charge in [0.1, 0.15) is 11.5 Å². The van der Waals surface area contributed by atoms with E-state index in [0.29, 0.717) is 36.7 Å². The number of piperidine rings is 1. The lowest BCUT2D eigenvalue weighted by Crippen LogP contribution is -2.38. The Kier molecular flexibility index (Phi) is 5.28. The second-order valence-corrected chi connectivity index (χ2v) is 6.98. The predicted octanol–water partition coefficient (Wildman–Crippen LogP) is 1.64. The van der Waals surface area contributed by atoms with Crippen molar-refractivity contribution in [2.24, 2.45) is 0 Å². The van der Waals surface area contributed by atoms with E-state index in [9.17, 15) is 14.4 Å². The van der Waals surface area contributed by atoms with Crippen LogP contribution in [0.15, 0.2) is 52.0 Å². The molecule has 9 nitrogen and oxygen atoms in total. The predicted molar refractivity (Wildman–Crippen MR) is 103 cm³/mol. The van der Waals surface area contributed by atoms with Gasteiger partial charge in [-0.15, -0.1) is 0 Å². The number of hydrogen-bond donors (Lipinski definition) is 3. The molecule has 0 aliphatic carbocycles. The van der Waals surface area contributed by atoms with E-state index in [0.717, 1.165) is 18.5 Å². The Balaban J connectivity index is 1.32. The molecule has 0 bridgehead atoms. The maximum absolute atomic E-state index is 12.5. The summed E-state index contributed by atoms with van der Waals surface area (Å²) in [7, 11) is 0. The van der Waals surface area contributed by atoms with Crippen molar-refractivity contribution in [2.45, 2.75) is 25.3 Å². The normalized spacial score (nSPS) is 14.7. The fourth-order valence-electron chi connectivity index (χ4n) is 3.45. The number of H-pyrrole nitrogens is 2. The molecule has 1 fully saturated rings. The number of rotatable bonds is 5. The molecule has 2 amide bonds. The molecule has 0 spiro atoms. The molecule has 0 saturated carbocycles. The molecule has 1 saturated heterocycles. The molecule has 0 radical (unpaired) electrons. The van der Waals surface area contributed by atoms with Crippen LogP contribution in [0.3, 0.4) is 0 Å². The molecule has 29 heavy (non-hydrogen) atoms. The number of pyridine rings is 1. The summed E-state index contributed by atoms with van der Waals surface area (Å²) in [6, 6.07) is 8.21. The second-order valence-electron chi connectivity index (χ2n) is 6.98. The standard InChI is InChI=1S/C20H21N5O4/c26-18-4-3-14(11-21-18)20(28)25-7-5-13(6-8-25)16-10-17(24-23-16)19(27)22-12-15-2-1-9-29-15/h1-4,9-11,13H,5-8,12H2,(H,21,26)(H,22,27)(H,23,24). The summed E-state index contributed by atoms with van der Waals surface area (Å²) in [5.74, 6) is 0.513. The Bertz CT molecular complexity index is 1020. The van der Waals surface area contributed by atoms with Gasteiger partial charge in [-0.2, -0.15) is 5.10 Å². The van der Waals surface area contributed by atoms with Crippen LogP contribution in [0.2, 0.25) is 0 Å². The summed E-state index contributed by atoms with van der Waals surface area (Å²) in [4.78, 5) is 40.2. The molecule has 0 atom stereocenters.